The second-order valence-corrected chi connectivity index (χ2v) is 3.81. The summed E-state index contributed by atoms with van der Waals surface area (Å²) in [5, 5.41) is 6.69. The molecule has 1 aromatic rings. The summed E-state index contributed by atoms with van der Waals surface area (Å²) in [6.45, 7) is 4.84. The van der Waals surface area contributed by atoms with E-state index in [1.54, 1.807) is 6.20 Å². The lowest BCUT2D eigenvalue weighted by molar-refractivity contribution is 0.0459. The van der Waals surface area contributed by atoms with E-state index in [0.29, 0.717) is 11.9 Å². The molecule has 15 heavy (non-hydrogen) atoms. The second kappa shape index (κ2) is 4.53. The van der Waals surface area contributed by atoms with E-state index in [2.05, 4.69) is 15.1 Å². The molecule has 0 bridgehead atoms. The van der Waals surface area contributed by atoms with E-state index >= 15 is 0 Å². The van der Waals surface area contributed by atoms with Crippen molar-refractivity contribution in [1.82, 2.24) is 10.2 Å². The highest BCUT2D eigenvalue weighted by molar-refractivity contribution is 5.62. The van der Waals surface area contributed by atoms with Gasteiger partial charge in [0.25, 0.3) is 0 Å². The van der Waals surface area contributed by atoms with Crippen molar-refractivity contribution in [2.45, 2.75) is 25.9 Å². The van der Waals surface area contributed by atoms with Crippen LogP contribution in [0.2, 0.25) is 0 Å². The number of ether oxygens (including phenoxy) is 1. The minimum absolute atomic E-state index is 0.416. The molecule has 0 saturated carbocycles. The van der Waals surface area contributed by atoms with Crippen molar-refractivity contribution in [1.29, 1.82) is 0 Å². The largest absolute Gasteiger partial charge is 0.382 e. The number of nitrogens with two attached hydrogens (primary N) is 1. The lowest BCUT2D eigenvalue weighted by Crippen LogP contribution is -2.37. The van der Waals surface area contributed by atoms with Crippen molar-refractivity contribution in [3.8, 4) is 0 Å². The summed E-state index contributed by atoms with van der Waals surface area (Å²) in [5.74, 6) is 0.657. The molecule has 0 aromatic carbocycles. The van der Waals surface area contributed by atoms with Gasteiger partial charge in [-0.2, -0.15) is 5.10 Å². The lowest BCUT2D eigenvalue weighted by atomic mass is 10.1. The van der Waals surface area contributed by atoms with E-state index in [1.807, 2.05) is 6.92 Å². The van der Waals surface area contributed by atoms with Crippen LogP contribution in [0, 0.1) is 0 Å². The van der Waals surface area contributed by atoms with Crippen LogP contribution in [0.15, 0.2) is 6.20 Å². The van der Waals surface area contributed by atoms with Gasteiger partial charge >= 0.3 is 0 Å². The molecule has 1 aromatic heterocycles. The molecule has 0 radical (unpaired) electrons. The molecular weight excluding hydrogens is 192 g/mol. The molecule has 1 aliphatic heterocycles. The maximum atomic E-state index is 5.77. The quantitative estimate of drug-likeness (QED) is 0.781. The molecular formula is C10H18N4O. The van der Waals surface area contributed by atoms with Gasteiger partial charge in [0, 0.05) is 19.7 Å². The standard InChI is InChI=1S/C10H18N4O/c1-2-15-8-3-5-14(6-4-8)9-7-12-13-10(9)11/h7-8H,2-6H2,1H3,(H3,11,12,13). The van der Waals surface area contributed by atoms with Gasteiger partial charge in [0.1, 0.15) is 5.82 Å². The number of nitrogen functional groups attached to an aromatic ring is 1. The van der Waals surface area contributed by atoms with Gasteiger partial charge in [-0.1, -0.05) is 0 Å². The number of hydrogen-bond donors (Lipinski definition) is 2. The highest BCUT2D eigenvalue weighted by Crippen LogP contribution is 2.24. The second-order valence-electron chi connectivity index (χ2n) is 3.81. The minimum Gasteiger partial charge on any atom is -0.382 e. The third-order valence-electron chi connectivity index (χ3n) is 2.83. The molecule has 0 atom stereocenters. The third-order valence-corrected chi connectivity index (χ3v) is 2.83. The Hall–Kier alpha value is -1.23. The summed E-state index contributed by atoms with van der Waals surface area (Å²) in [5.41, 5.74) is 6.79. The average molecular weight is 210 g/mol. The number of rotatable bonds is 3. The van der Waals surface area contributed by atoms with Crippen molar-refractivity contribution in [3.05, 3.63) is 6.20 Å². The predicted molar refractivity (Wildman–Crippen MR) is 59.9 cm³/mol. The van der Waals surface area contributed by atoms with Crippen LogP contribution in [-0.4, -0.2) is 36.0 Å². The number of hydrogen-bond acceptors (Lipinski definition) is 4. The molecule has 0 unspecified atom stereocenters. The molecule has 1 aliphatic rings. The number of aromatic nitrogens is 2. The molecule has 84 valence electrons. The summed E-state index contributed by atoms with van der Waals surface area (Å²) in [7, 11) is 0. The molecule has 2 heterocycles. The van der Waals surface area contributed by atoms with Gasteiger partial charge in [0.05, 0.1) is 18.0 Å². The average Bonchev–Trinajstić information content (AvgIpc) is 2.66. The maximum absolute atomic E-state index is 5.77. The van der Waals surface area contributed by atoms with Crippen molar-refractivity contribution in [3.63, 3.8) is 0 Å². The zero-order chi connectivity index (χ0) is 10.7. The van der Waals surface area contributed by atoms with Crippen LogP contribution in [0.5, 0.6) is 0 Å². The first-order chi connectivity index (χ1) is 7.31. The number of anilines is 2. The molecule has 1 saturated heterocycles. The first-order valence-electron chi connectivity index (χ1n) is 5.46. The number of nitrogens with zero attached hydrogens (tertiary/aromatic N) is 2. The van der Waals surface area contributed by atoms with E-state index in [4.69, 9.17) is 10.5 Å². The molecule has 0 amide bonds. The Balaban J connectivity index is 1.91. The molecule has 3 N–H and O–H groups in total. The fraction of sp³-hybridized carbons (Fsp3) is 0.700. The van der Waals surface area contributed by atoms with Gasteiger partial charge in [-0.05, 0) is 19.8 Å². The Morgan fingerprint density at radius 1 is 1.60 bits per heavy atom. The molecule has 1 fully saturated rings. The zero-order valence-corrected chi connectivity index (χ0v) is 9.07. The molecule has 2 rings (SSSR count). The smallest absolute Gasteiger partial charge is 0.142 e. The van der Waals surface area contributed by atoms with Gasteiger partial charge in [-0.3, -0.25) is 5.10 Å². The van der Waals surface area contributed by atoms with Gasteiger partial charge < -0.3 is 15.4 Å². The summed E-state index contributed by atoms with van der Waals surface area (Å²) in [6, 6.07) is 0. The predicted octanol–water partition coefficient (Wildman–Crippen LogP) is 0.997. The van der Waals surface area contributed by atoms with Crippen molar-refractivity contribution in [2.24, 2.45) is 0 Å². The topological polar surface area (TPSA) is 67.2 Å². The Bertz CT molecular complexity index is 304. The number of piperidine rings is 1. The summed E-state index contributed by atoms with van der Waals surface area (Å²) < 4.78 is 5.60. The van der Waals surface area contributed by atoms with E-state index < -0.39 is 0 Å². The Labute approximate surface area is 89.6 Å². The zero-order valence-electron chi connectivity index (χ0n) is 9.07. The molecule has 0 aliphatic carbocycles. The molecule has 5 heteroatoms. The SMILES string of the molecule is CCOC1CCN(c2cn[nH]c2N)CC1. The maximum Gasteiger partial charge on any atom is 0.142 e. The first kappa shape index (κ1) is 10.3. The van der Waals surface area contributed by atoms with Crippen molar-refractivity contribution >= 4 is 11.5 Å². The Morgan fingerprint density at radius 3 is 2.87 bits per heavy atom. The summed E-state index contributed by atoms with van der Waals surface area (Å²) >= 11 is 0. The van der Waals surface area contributed by atoms with Crippen LogP contribution in [0.3, 0.4) is 0 Å². The van der Waals surface area contributed by atoms with Gasteiger partial charge in [-0.15, -0.1) is 0 Å². The van der Waals surface area contributed by atoms with Crippen LogP contribution in [0.1, 0.15) is 19.8 Å². The third kappa shape index (κ3) is 2.23. The van der Waals surface area contributed by atoms with Crippen LogP contribution >= 0.6 is 0 Å². The highest BCUT2D eigenvalue weighted by Gasteiger charge is 2.21. The monoisotopic (exact) mass is 210 g/mol. The number of aromatic amines is 1. The minimum atomic E-state index is 0.416. The highest BCUT2D eigenvalue weighted by atomic mass is 16.5. The van der Waals surface area contributed by atoms with E-state index in [-0.39, 0.29) is 0 Å². The summed E-state index contributed by atoms with van der Waals surface area (Å²) in [4.78, 5) is 2.26. The Morgan fingerprint density at radius 2 is 2.33 bits per heavy atom. The van der Waals surface area contributed by atoms with Crippen molar-refractivity contribution < 1.29 is 4.74 Å². The van der Waals surface area contributed by atoms with Crippen molar-refractivity contribution in [2.75, 3.05) is 30.3 Å². The fourth-order valence-corrected chi connectivity index (χ4v) is 2.04. The van der Waals surface area contributed by atoms with Crippen LogP contribution in [-0.2, 0) is 4.74 Å². The van der Waals surface area contributed by atoms with Crippen LogP contribution in [0.25, 0.3) is 0 Å². The van der Waals surface area contributed by atoms with Crippen LogP contribution in [0.4, 0.5) is 11.5 Å². The van der Waals surface area contributed by atoms with E-state index in [1.165, 1.54) is 0 Å². The normalized spacial score (nSPS) is 18.3. The van der Waals surface area contributed by atoms with Gasteiger partial charge in [0.15, 0.2) is 0 Å². The van der Waals surface area contributed by atoms with E-state index in [9.17, 15) is 0 Å². The molecule has 0 spiro atoms. The first-order valence-corrected chi connectivity index (χ1v) is 5.46. The summed E-state index contributed by atoms with van der Waals surface area (Å²) in [6.07, 6.45) is 4.34. The van der Waals surface area contributed by atoms with E-state index in [0.717, 1.165) is 38.2 Å². The van der Waals surface area contributed by atoms with Crippen LogP contribution < -0.4 is 10.6 Å². The molecule has 5 nitrogen and oxygen atoms in total. The van der Waals surface area contributed by atoms with Gasteiger partial charge in [0.2, 0.25) is 0 Å². The van der Waals surface area contributed by atoms with Gasteiger partial charge in [-0.25, -0.2) is 0 Å². The number of nitrogens with one attached hydrogen (secondary N) is 1. The fourth-order valence-electron chi connectivity index (χ4n) is 2.04. The Kier molecular flexibility index (Phi) is 3.11. The number of H-pyrrole nitrogens is 1. The lowest BCUT2D eigenvalue weighted by Gasteiger charge is -2.32.